The molecule has 90 valence electrons. The highest BCUT2D eigenvalue weighted by Crippen LogP contribution is 2.37. The summed E-state index contributed by atoms with van der Waals surface area (Å²) in [6.45, 7) is 16.8. The van der Waals surface area contributed by atoms with E-state index in [0.29, 0.717) is 24.2 Å². The monoisotopic (exact) mass is 230 g/mol. The molecule has 0 radical (unpaired) electrons. The second-order valence-electron chi connectivity index (χ2n) is 5.30. The molecule has 0 N–H and O–H groups in total. The third kappa shape index (κ3) is 4.73. The fraction of sp³-hybridized carbons (Fsp3) is 0.833. The predicted octanol–water partition coefficient (Wildman–Crippen LogP) is 3.95. The normalized spacial score (nSPS) is 12.2. The lowest BCUT2D eigenvalue weighted by Gasteiger charge is -2.34. The quantitative estimate of drug-likeness (QED) is 0.526. The van der Waals surface area contributed by atoms with Gasteiger partial charge in [-0.15, -0.1) is 0 Å². The van der Waals surface area contributed by atoms with Crippen LogP contribution in [0.1, 0.15) is 34.6 Å². The standard InChI is InChI=1S/C12H26O2Si/c1-8-13-11(14-9-2)10-15(6,7)12(3,4)5/h10H,8-9H2,1-7H3. The van der Waals surface area contributed by atoms with Gasteiger partial charge in [-0.3, -0.25) is 0 Å². The molecule has 2 nitrogen and oxygen atoms in total. The van der Waals surface area contributed by atoms with Crippen molar-refractivity contribution in [3.8, 4) is 0 Å². The van der Waals surface area contributed by atoms with Crippen LogP contribution in [0.25, 0.3) is 0 Å². The van der Waals surface area contributed by atoms with Gasteiger partial charge in [0.05, 0.1) is 21.3 Å². The van der Waals surface area contributed by atoms with Crippen molar-refractivity contribution in [2.24, 2.45) is 0 Å². The minimum atomic E-state index is -1.45. The Balaban J connectivity index is 4.78. The van der Waals surface area contributed by atoms with Crippen molar-refractivity contribution in [3.63, 3.8) is 0 Å². The van der Waals surface area contributed by atoms with Crippen LogP contribution in [0.15, 0.2) is 11.6 Å². The SMILES string of the molecule is CCOC(=C[Si](C)(C)C(C)(C)C)OCC. The van der Waals surface area contributed by atoms with Crippen LogP contribution in [0.4, 0.5) is 0 Å². The van der Waals surface area contributed by atoms with Crippen molar-refractivity contribution >= 4 is 8.07 Å². The molecule has 0 rings (SSSR count). The van der Waals surface area contributed by atoms with Gasteiger partial charge in [0, 0.05) is 0 Å². The Morgan fingerprint density at radius 3 is 1.73 bits per heavy atom. The molecule has 0 aliphatic rings. The topological polar surface area (TPSA) is 18.5 Å². The molecule has 3 heteroatoms. The van der Waals surface area contributed by atoms with E-state index in [1.165, 1.54) is 0 Å². The summed E-state index contributed by atoms with van der Waals surface area (Å²) in [4.78, 5) is 0. The fourth-order valence-corrected chi connectivity index (χ4v) is 2.11. The van der Waals surface area contributed by atoms with Crippen molar-refractivity contribution in [3.05, 3.63) is 11.6 Å². The van der Waals surface area contributed by atoms with Gasteiger partial charge in [0.15, 0.2) is 0 Å². The van der Waals surface area contributed by atoms with E-state index in [4.69, 9.17) is 9.47 Å². The van der Waals surface area contributed by atoms with Gasteiger partial charge in [0.2, 0.25) is 0 Å². The summed E-state index contributed by atoms with van der Waals surface area (Å²) in [5, 5.41) is 0.326. The van der Waals surface area contributed by atoms with Crippen LogP contribution in [-0.2, 0) is 9.47 Å². The number of rotatable bonds is 5. The fourth-order valence-electron chi connectivity index (χ4n) is 0.921. The average molecular weight is 230 g/mol. The number of hydrogen-bond donors (Lipinski definition) is 0. The van der Waals surface area contributed by atoms with Crippen molar-refractivity contribution < 1.29 is 9.47 Å². The molecule has 0 saturated heterocycles. The molecule has 0 aromatic rings. The zero-order chi connectivity index (χ0) is 12.1. The van der Waals surface area contributed by atoms with Crippen molar-refractivity contribution in [2.45, 2.75) is 52.8 Å². The van der Waals surface area contributed by atoms with Gasteiger partial charge in [0.1, 0.15) is 0 Å². The van der Waals surface area contributed by atoms with E-state index in [2.05, 4.69) is 39.6 Å². The summed E-state index contributed by atoms with van der Waals surface area (Å²) >= 11 is 0. The first-order valence-electron chi connectivity index (χ1n) is 5.73. The highest BCUT2D eigenvalue weighted by atomic mass is 28.3. The first-order chi connectivity index (χ1) is 6.74. The lowest BCUT2D eigenvalue weighted by Crippen LogP contribution is -2.35. The molecular weight excluding hydrogens is 204 g/mol. The molecule has 0 fully saturated rings. The molecule has 0 amide bonds. The molecule has 15 heavy (non-hydrogen) atoms. The summed E-state index contributed by atoms with van der Waals surface area (Å²) in [6.07, 6.45) is 0. The van der Waals surface area contributed by atoms with Crippen molar-refractivity contribution in [1.82, 2.24) is 0 Å². The van der Waals surface area contributed by atoms with Crippen molar-refractivity contribution in [2.75, 3.05) is 13.2 Å². The zero-order valence-electron chi connectivity index (χ0n) is 11.3. The summed E-state index contributed by atoms with van der Waals surface area (Å²) in [7, 11) is -1.45. The third-order valence-corrected chi connectivity index (χ3v) is 7.81. The summed E-state index contributed by atoms with van der Waals surface area (Å²) < 4.78 is 11.0. The Morgan fingerprint density at radius 1 is 1.07 bits per heavy atom. The van der Waals surface area contributed by atoms with E-state index in [1.807, 2.05) is 13.8 Å². The smallest absolute Gasteiger partial charge is 0.270 e. The third-order valence-electron chi connectivity index (χ3n) is 2.98. The van der Waals surface area contributed by atoms with Gasteiger partial charge in [-0.2, -0.15) is 0 Å². The molecule has 0 aliphatic heterocycles. The molecule has 0 saturated carbocycles. The van der Waals surface area contributed by atoms with Crippen LogP contribution in [0.3, 0.4) is 0 Å². The van der Waals surface area contributed by atoms with Crippen LogP contribution in [0.2, 0.25) is 18.1 Å². The van der Waals surface area contributed by atoms with E-state index in [9.17, 15) is 0 Å². The summed E-state index contributed by atoms with van der Waals surface area (Å²) in [6, 6.07) is 0. The van der Waals surface area contributed by atoms with Crippen molar-refractivity contribution in [1.29, 1.82) is 0 Å². The summed E-state index contributed by atoms with van der Waals surface area (Å²) in [5.74, 6) is 0.714. The van der Waals surface area contributed by atoms with Crippen LogP contribution >= 0.6 is 0 Å². The highest BCUT2D eigenvalue weighted by molar-refractivity contribution is 6.84. The first kappa shape index (κ1) is 14.6. The van der Waals surface area contributed by atoms with Crippen LogP contribution in [0.5, 0.6) is 0 Å². The van der Waals surface area contributed by atoms with Crippen LogP contribution in [0, 0.1) is 0 Å². The van der Waals surface area contributed by atoms with Gasteiger partial charge in [-0.1, -0.05) is 33.9 Å². The highest BCUT2D eigenvalue weighted by Gasteiger charge is 2.34. The lowest BCUT2D eigenvalue weighted by molar-refractivity contribution is 0.0473. The second-order valence-corrected chi connectivity index (χ2v) is 10.5. The molecule has 0 heterocycles. The Hall–Kier alpha value is -0.443. The van der Waals surface area contributed by atoms with Gasteiger partial charge < -0.3 is 9.47 Å². The maximum Gasteiger partial charge on any atom is 0.270 e. The van der Waals surface area contributed by atoms with Gasteiger partial charge in [0.25, 0.3) is 5.95 Å². The van der Waals surface area contributed by atoms with E-state index < -0.39 is 8.07 Å². The average Bonchev–Trinajstić information content (AvgIpc) is 2.02. The maximum absolute atomic E-state index is 5.49. The molecule has 0 atom stereocenters. The first-order valence-corrected chi connectivity index (χ1v) is 8.80. The molecule has 0 aliphatic carbocycles. The summed E-state index contributed by atoms with van der Waals surface area (Å²) in [5.41, 5.74) is 2.22. The van der Waals surface area contributed by atoms with Gasteiger partial charge in [-0.05, 0) is 24.6 Å². The van der Waals surface area contributed by atoms with Gasteiger partial charge in [-0.25, -0.2) is 0 Å². The van der Waals surface area contributed by atoms with E-state index in [-0.39, 0.29) is 0 Å². The van der Waals surface area contributed by atoms with Gasteiger partial charge >= 0.3 is 0 Å². The molecule has 0 aromatic carbocycles. The Morgan fingerprint density at radius 2 is 1.47 bits per heavy atom. The molecule has 0 bridgehead atoms. The van der Waals surface area contributed by atoms with Crippen LogP contribution in [-0.4, -0.2) is 21.3 Å². The molecule has 0 aromatic heterocycles. The molecule has 0 spiro atoms. The number of hydrogen-bond acceptors (Lipinski definition) is 2. The van der Waals surface area contributed by atoms with E-state index in [1.54, 1.807) is 0 Å². The predicted molar refractivity (Wildman–Crippen MR) is 68.5 cm³/mol. The minimum Gasteiger partial charge on any atom is -0.466 e. The minimum absolute atomic E-state index is 0.326. The largest absolute Gasteiger partial charge is 0.466 e. The molecular formula is C12H26O2Si. The lowest BCUT2D eigenvalue weighted by atomic mass is 10.2. The maximum atomic E-state index is 5.49. The second kappa shape index (κ2) is 5.59. The van der Waals surface area contributed by atoms with Crippen LogP contribution < -0.4 is 0 Å². The van der Waals surface area contributed by atoms with E-state index in [0.717, 1.165) is 0 Å². The Labute approximate surface area is 95.7 Å². The molecule has 0 unspecified atom stereocenters. The Kier molecular flexibility index (Phi) is 5.42. The zero-order valence-corrected chi connectivity index (χ0v) is 12.3. The number of ether oxygens (including phenoxy) is 2. The van der Waals surface area contributed by atoms with E-state index >= 15 is 0 Å². The Bertz CT molecular complexity index is 206.